The molecule has 8 saturated heterocycles. The van der Waals surface area contributed by atoms with Crippen LogP contribution in [0, 0.1) is 0 Å². The maximum atomic E-state index is 3.00. The molecule has 270 valence electrons. The van der Waals surface area contributed by atoms with Gasteiger partial charge in [-0.05, 0) is 151 Å². The Morgan fingerprint density at radius 3 is 0.860 bits per heavy atom. The molecule has 8 atom stereocenters. The smallest absolute Gasteiger partial charge is 0.0182 e. The summed E-state index contributed by atoms with van der Waals surface area (Å²) in [6.45, 7) is 5.36. The largest absolute Gasteiger partial charge is 0.297 e. The van der Waals surface area contributed by atoms with Crippen molar-refractivity contribution >= 4 is 0 Å². The van der Waals surface area contributed by atoms with E-state index >= 15 is 0 Å². The van der Waals surface area contributed by atoms with Gasteiger partial charge in [-0.15, -0.1) is 0 Å². The molecule has 0 bridgehead atoms. The molecule has 0 saturated carbocycles. The van der Waals surface area contributed by atoms with Gasteiger partial charge in [0.2, 0.25) is 0 Å². The molecule has 8 heterocycles. The first-order valence-corrected chi connectivity index (χ1v) is 22.0. The molecule has 0 radical (unpaired) electrons. The quantitative estimate of drug-likeness (QED) is 0.290. The summed E-state index contributed by atoms with van der Waals surface area (Å²) in [7, 11) is 0. The van der Waals surface area contributed by atoms with E-state index in [1.165, 1.54) is 166 Å². The monoisotopic (exact) mass is 675 g/mol. The number of piperidine rings is 4. The predicted octanol–water partition coefficient (Wildman–Crippen LogP) is 9.59. The van der Waals surface area contributed by atoms with Crippen LogP contribution in [0.2, 0.25) is 0 Å². The summed E-state index contributed by atoms with van der Waals surface area (Å²) in [5.74, 6) is 1.31. The van der Waals surface area contributed by atoms with Crippen LogP contribution in [-0.2, 0) is 0 Å². The van der Waals surface area contributed by atoms with Crippen LogP contribution in [0.1, 0.15) is 151 Å². The van der Waals surface area contributed by atoms with E-state index in [1.54, 1.807) is 11.1 Å². The second kappa shape index (κ2) is 14.3. The molecule has 50 heavy (non-hydrogen) atoms. The van der Waals surface area contributed by atoms with Gasteiger partial charge in [0.25, 0.3) is 0 Å². The van der Waals surface area contributed by atoms with Gasteiger partial charge in [0.15, 0.2) is 0 Å². The highest BCUT2D eigenvalue weighted by Crippen LogP contribution is 2.47. The number of fused-ring (bicyclic) bond motifs is 4. The predicted molar refractivity (Wildman–Crippen MR) is 207 cm³/mol. The van der Waals surface area contributed by atoms with E-state index < -0.39 is 0 Å². The van der Waals surface area contributed by atoms with Gasteiger partial charge in [-0.1, -0.05) is 74.2 Å². The molecule has 8 aliphatic rings. The van der Waals surface area contributed by atoms with Gasteiger partial charge in [-0.2, -0.15) is 0 Å². The first-order valence-electron chi connectivity index (χ1n) is 22.0. The van der Waals surface area contributed by atoms with Crippen LogP contribution in [0.25, 0.3) is 11.1 Å². The van der Waals surface area contributed by atoms with Crippen LogP contribution < -0.4 is 0 Å². The minimum absolute atomic E-state index is 0.656. The Bertz CT molecular complexity index is 1260. The van der Waals surface area contributed by atoms with Crippen molar-refractivity contribution in [3.05, 3.63) is 59.7 Å². The number of rotatable bonds is 7. The standard InChI is InChI=1S/C46H66N4/c1-9-37-13-5-29-47(37)41(17-1)45(42-18-2-10-38-14-6-30-48(38)42)35-25-21-33(22-26-35)34-23-27-36(28-24-34)46(43-19-3-11-39-15-7-31-49(39)43)44-20-4-12-40-16-8-32-50(40)44/h21-28,37-46H,1-20,29-32H2. The van der Waals surface area contributed by atoms with Crippen molar-refractivity contribution in [2.75, 3.05) is 26.2 Å². The second-order valence-corrected chi connectivity index (χ2v) is 18.4. The van der Waals surface area contributed by atoms with E-state index in [-0.39, 0.29) is 0 Å². The molecular formula is C46H66N4. The highest BCUT2D eigenvalue weighted by Gasteiger charge is 2.47. The molecule has 8 unspecified atom stereocenters. The third-order valence-electron chi connectivity index (χ3n) is 16.1. The molecule has 8 fully saturated rings. The van der Waals surface area contributed by atoms with Crippen molar-refractivity contribution in [3.8, 4) is 11.1 Å². The van der Waals surface area contributed by atoms with Gasteiger partial charge in [-0.25, -0.2) is 0 Å². The lowest BCUT2D eigenvalue weighted by atomic mass is 9.75. The number of hydrogen-bond acceptors (Lipinski definition) is 4. The fourth-order valence-corrected chi connectivity index (χ4v) is 14.1. The lowest BCUT2D eigenvalue weighted by molar-refractivity contribution is 0.0363. The number of hydrogen-bond donors (Lipinski definition) is 0. The van der Waals surface area contributed by atoms with Crippen LogP contribution in [0.5, 0.6) is 0 Å². The Morgan fingerprint density at radius 1 is 0.320 bits per heavy atom. The fraction of sp³-hybridized carbons (Fsp3) is 0.739. The van der Waals surface area contributed by atoms with Gasteiger partial charge in [0.1, 0.15) is 0 Å². The van der Waals surface area contributed by atoms with Crippen LogP contribution in [-0.4, -0.2) is 94.1 Å². The first kappa shape index (κ1) is 32.9. The third kappa shape index (κ3) is 5.95. The third-order valence-corrected chi connectivity index (χ3v) is 16.1. The van der Waals surface area contributed by atoms with E-state index in [9.17, 15) is 0 Å². The molecule has 0 amide bonds. The van der Waals surface area contributed by atoms with E-state index in [1.807, 2.05) is 0 Å². The van der Waals surface area contributed by atoms with E-state index in [0.717, 1.165) is 48.3 Å². The minimum Gasteiger partial charge on any atom is -0.297 e. The van der Waals surface area contributed by atoms with Crippen LogP contribution >= 0.6 is 0 Å². The Hall–Kier alpha value is -1.72. The zero-order chi connectivity index (χ0) is 33.0. The summed E-state index contributed by atoms with van der Waals surface area (Å²) in [5.41, 5.74) is 6.09. The van der Waals surface area contributed by atoms with E-state index in [2.05, 4.69) is 68.1 Å². The maximum Gasteiger partial charge on any atom is 0.0182 e. The molecule has 4 heteroatoms. The maximum absolute atomic E-state index is 3.00. The van der Waals surface area contributed by atoms with Crippen molar-refractivity contribution in [1.82, 2.24) is 19.6 Å². The Morgan fingerprint density at radius 2 is 0.580 bits per heavy atom. The topological polar surface area (TPSA) is 13.0 Å². The molecule has 0 aromatic heterocycles. The van der Waals surface area contributed by atoms with Crippen molar-refractivity contribution in [2.45, 2.75) is 189 Å². The highest BCUT2D eigenvalue weighted by atomic mass is 15.3. The average Bonchev–Trinajstić information content (AvgIpc) is 4.00. The summed E-state index contributed by atoms with van der Waals surface area (Å²) in [4.78, 5) is 12.0. The first-order chi connectivity index (χ1) is 24.8. The summed E-state index contributed by atoms with van der Waals surface area (Å²) in [5, 5.41) is 0. The minimum atomic E-state index is 0.656. The summed E-state index contributed by atoms with van der Waals surface area (Å²) < 4.78 is 0. The van der Waals surface area contributed by atoms with Crippen molar-refractivity contribution in [1.29, 1.82) is 0 Å². The van der Waals surface area contributed by atoms with E-state index in [0.29, 0.717) is 11.8 Å². The number of benzene rings is 2. The number of nitrogens with zero attached hydrogens (tertiary/aromatic N) is 4. The molecule has 0 spiro atoms. The van der Waals surface area contributed by atoms with Crippen LogP contribution in [0.15, 0.2) is 48.5 Å². The molecule has 2 aromatic carbocycles. The SMILES string of the molecule is c1cc(C(C2CCCC3CCCN32)C2CCCC3CCCN32)ccc1-c1ccc(C(C2CCCC3CCCN32)C2CCCC3CCCN32)cc1. The Kier molecular flexibility index (Phi) is 9.38. The van der Waals surface area contributed by atoms with Crippen LogP contribution in [0.4, 0.5) is 0 Å². The lowest BCUT2D eigenvalue weighted by Crippen LogP contribution is -2.54. The Labute approximate surface area is 304 Å². The summed E-state index contributed by atoms with van der Waals surface area (Å²) in [6.07, 6.45) is 28.5. The lowest BCUT2D eigenvalue weighted by Gasteiger charge is -2.49. The summed E-state index contributed by atoms with van der Waals surface area (Å²) >= 11 is 0. The molecule has 10 rings (SSSR count). The van der Waals surface area contributed by atoms with Gasteiger partial charge in [0.05, 0.1) is 0 Å². The van der Waals surface area contributed by atoms with Crippen molar-refractivity contribution in [2.24, 2.45) is 0 Å². The zero-order valence-corrected chi connectivity index (χ0v) is 31.2. The second-order valence-electron chi connectivity index (χ2n) is 18.4. The molecule has 8 aliphatic heterocycles. The molecule has 0 aliphatic carbocycles. The fourth-order valence-electron chi connectivity index (χ4n) is 14.1. The van der Waals surface area contributed by atoms with Crippen LogP contribution in [0.3, 0.4) is 0 Å². The Balaban J connectivity index is 0.940. The van der Waals surface area contributed by atoms with Gasteiger partial charge in [0, 0.05) is 60.2 Å². The molecular weight excluding hydrogens is 609 g/mol. The van der Waals surface area contributed by atoms with E-state index in [4.69, 9.17) is 0 Å². The van der Waals surface area contributed by atoms with Crippen molar-refractivity contribution in [3.63, 3.8) is 0 Å². The van der Waals surface area contributed by atoms with Gasteiger partial charge >= 0.3 is 0 Å². The molecule has 4 nitrogen and oxygen atoms in total. The highest BCUT2D eigenvalue weighted by molar-refractivity contribution is 5.64. The zero-order valence-electron chi connectivity index (χ0n) is 31.2. The normalized spacial score (nSPS) is 38.0. The van der Waals surface area contributed by atoms with Crippen molar-refractivity contribution < 1.29 is 0 Å². The molecule has 2 aromatic rings. The molecule has 0 N–H and O–H groups in total. The average molecular weight is 675 g/mol. The van der Waals surface area contributed by atoms with Gasteiger partial charge in [-0.3, -0.25) is 19.6 Å². The van der Waals surface area contributed by atoms with Gasteiger partial charge < -0.3 is 0 Å². The summed E-state index contributed by atoms with van der Waals surface area (Å²) in [6, 6.07) is 26.7.